The number of allylic oxidation sites excluding steroid dienone is 3. The molecule has 0 radical (unpaired) electrons. The average Bonchev–Trinajstić information content (AvgIpc) is 2.68. The van der Waals surface area contributed by atoms with Crippen molar-refractivity contribution < 1.29 is 0 Å². The second-order valence-corrected chi connectivity index (χ2v) is 8.38. The third-order valence-corrected chi connectivity index (χ3v) is 6.95. The highest BCUT2D eigenvalue weighted by Crippen LogP contribution is 2.40. The van der Waals surface area contributed by atoms with Gasteiger partial charge in [0, 0.05) is 0 Å². The highest BCUT2D eigenvalue weighted by atomic mass is 15.3. The van der Waals surface area contributed by atoms with Crippen LogP contribution in [0.2, 0.25) is 0 Å². The van der Waals surface area contributed by atoms with Gasteiger partial charge in [0.25, 0.3) is 0 Å². The Morgan fingerprint density at radius 1 is 0.958 bits per heavy atom. The smallest absolute Gasteiger partial charge is 0.0807 e. The van der Waals surface area contributed by atoms with Gasteiger partial charge in [0.15, 0.2) is 0 Å². The molecule has 3 heteroatoms. The van der Waals surface area contributed by atoms with E-state index in [1.807, 2.05) is 0 Å². The maximum atomic E-state index is 6.62. The lowest BCUT2D eigenvalue weighted by Gasteiger charge is -2.41. The molecule has 3 nitrogen and oxygen atoms in total. The molecule has 3 aliphatic rings. The molecule has 0 heterocycles. The van der Waals surface area contributed by atoms with E-state index >= 15 is 0 Å². The van der Waals surface area contributed by atoms with E-state index in [9.17, 15) is 0 Å². The molecule has 2 saturated carbocycles. The monoisotopic (exact) mass is 331 g/mol. The van der Waals surface area contributed by atoms with Crippen LogP contribution in [0.15, 0.2) is 23.8 Å². The molecule has 2 atom stereocenters. The Hall–Kier alpha value is -0.640. The molecule has 0 aromatic rings. The summed E-state index contributed by atoms with van der Waals surface area (Å²) >= 11 is 0. The molecular weight excluding hydrogens is 294 g/mol. The topological polar surface area (TPSA) is 55.3 Å². The van der Waals surface area contributed by atoms with Crippen LogP contribution in [0, 0.1) is 17.8 Å². The summed E-state index contributed by atoms with van der Waals surface area (Å²) in [6, 6.07) is 0. The molecule has 0 spiro atoms. The van der Waals surface area contributed by atoms with E-state index < -0.39 is 0 Å². The number of nitrogens with two attached hydrogens (primary N) is 2. The van der Waals surface area contributed by atoms with Crippen LogP contribution in [0.5, 0.6) is 0 Å². The van der Waals surface area contributed by atoms with Gasteiger partial charge in [-0.2, -0.15) is 0 Å². The lowest BCUT2D eigenvalue weighted by molar-refractivity contribution is 0.0884. The van der Waals surface area contributed by atoms with Crippen LogP contribution in [-0.4, -0.2) is 24.3 Å². The molecule has 2 fully saturated rings. The molecule has 3 aliphatic carbocycles. The summed E-state index contributed by atoms with van der Waals surface area (Å²) in [4.78, 5) is 2.22. The molecule has 0 aromatic heterocycles. The fourth-order valence-corrected chi connectivity index (χ4v) is 5.21. The number of likely N-dealkylation sites (N-methyl/N-ethyl adjacent to an activating group) is 1. The minimum Gasteiger partial charge on any atom is -0.315 e. The van der Waals surface area contributed by atoms with Crippen molar-refractivity contribution in [2.75, 3.05) is 7.05 Å². The average molecular weight is 332 g/mol. The SMILES string of the molecule is CN(C(N)C1=CC=CCC1)C(N)C1CCC(C2CCCCC2)CC1. The molecule has 4 N–H and O–H groups in total. The molecule has 0 aliphatic heterocycles. The highest BCUT2D eigenvalue weighted by molar-refractivity contribution is 5.21. The van der Waals surface area contributed by atoms with E-state index in [2.05, 4.69) is 30.2 Å². The van der Waals surface area contributed by atoms with Crippen LogP contribution < -0.4 is 11.5 Å². The largest absolute Gasteiger partial charge is 0.315 e. The summed E-state index contributed by atoms with van der Waals surface area (Å²) in [5.41, 5.74) is 14.4. The second kappa shape index (κ2) is 8.64. The quantitative estimate of drug-likeness (QED) is 0.744. The van der Waals surface area contributed by atoms with Gasteiger partial charge in [-0.3, -0.25) is 4.90 Å². The molecule has 0 saturated heterocycles. The number of hydrogen-bond acceptors (Lipinski definition) is 3. The van der Waals surface area contributed by atoms with E-state index in [0.29, 0.717) is 5.92 Å². The fraction of sp³-hybridized carbons (Fsp3) is 0.810. The second-order valence-electron chi connectivity index (χ2n) is 8.38. The van der Waals surface area contributed by atoms with E-state index in [1.165, 1.54) is 63.4 Å². The minimum absolute atomic E-state index is 0.0268. The van der Waals surface area contributed by atoms with E-state index in [1.54, 1.807) is 0 Å². The third-order valence-electron chi connectivity index (χ3n) is 6.95. The predicted molar refractivity (Wildman–Crippen MR) is 102 cm³/mol. The number of rotatable bonds is 5. The van der Waals surface area contributed by atoms with Crippen molar-refractivity contribution in [2.24, 2.45) is 29.2 Å². The molecular formula is C21H37N3. The van der Waals surface area contributed by atoms with Gasteiger partial charge in [-0.05, 0) is 68.9 Å². The lowest BCUT2D eigenvalue weighted by Crippen LogP contribution is -2.54. The minimum atomic E-state index is -0.0268. The number of nitrogens with zero attached hydrogens (tertiary/aromatic N) is 1. The molecule has 24 heavy (non-hydrogen) atoms. The van der Waals surface area contributed by atoms with Gasteiger partial charge in [0.2, 0.25) is 0 Å². The Kier molecular flexibility index (Phi) is 6.54. The Morgan fingerprint density at radius 2 is 1.62 bits per heavy atom. The summed E-state index contributed by atoms with van der Waals surface area (Å²) in [5.74, 6) is 2.59. The van der Waals surface area contributed by atoms with Crippen LogP contribution in [0.1, 0.15) is 70.6 Å². The summed E-state index contributed by atoms with van der Waals surface area (Å²) in [6.07, 6.45) is 21.5. The standard InChI is InChI=1S/C21H37N3/c1-24(20(22)18-10-6-3-7-11-18)21(23)19-14-12-17(13-15-19)16-8-4-2-5-9-16/h3,6,10,16-17,19-21H,2,4-5,7-9,11-15,22-23H2,1H3. The Balaban J connectivity index is 1.49. The van der Waals surface area contributed by atoms with Crippen LogP contribution in [0.4, 0.5) is 0 Å². The van der Waals surface area contributed by atoms with Crippen molar-refractivity contribution in [1.29, 1.82) is 0 Å². The molecule has 0 aromatic carbocycles. The van der Waals surface area contributed by atoms with Crippen LogP contribution >= 0.6 is 0 Å². The first-order chi connectivity index (χ1) is 11.7. The first-order valence-electron chi connectivity index (χ1n) is 10.3. The molecule has 2 unspecified atom stereocenters. The van der Waals surface area contributed by atoms with Gasteiger partial charge in [-0.25, -0.2) is 0 Å². The van der Waals surface area contributed by atoms with Crippen molar-refractivity contribution in [3.8, 4) is 0 Å². The maximum Gasteiger partial charge on any atom is 0.0807 e. The molecule has 3 rings (SSSR count). The van der Waals surface area contributed by atoms with Crippen LogP contribution in [-0.2, 0) is 0 Å². The predicted octanol–water partition coefficient (Wildman–Crippen LogP) is 4.15. The van der Waals surface area contributed by atoms with E-state index in [4.69, 9.17) is 11.5 Å². The first-order valence-corrected chi connectivity index (χ1v) is 10.3. The summed E-state index contributed by atoms with van der Waals surface area (Å²) < 4.78 is 0. The summed E-state index contributed by atoms with van der Waals surface area (Å²) in [7, 11) is 2.11. The zero-order chi connectivity index (χ0) is 16.9. The Labute approximate surface area is 148 Å². The summed E-state index contributed by atoms with van der Waals surface area (Å²) in [6.45, 7) is 0. The summed E-state index contributed by atoms with van der Waals surface area (Å²) in [5, 5.41) is 0. The van der Waals surface area contributed by atoms with Crippen LogP contribution in [0.25, 0.3) is 0 Å². The lowest BCUT2D eigenvalue weighted by atomic mass is 9.70. The van der Waals surface area contributed by atoms with Gasteiger partial charge >= 0.3 is 0 Å². The van der Waals surface area contributed by atoms with Crippen molar-refractivity contribution in [1.82, 2.24) is 4.90 Å². The van der Waals surface area contributed by atoms with Crippen molar-refractivity contribution in [3.63, 3.8) is 0 Å². The van der Waals surface area contributed by atoms with Gasteiger partial charge in [0.05, 0.1) is 12.3 Å². The normalized spacial score (nSPS) is 31.8. The van der Waals surface area contributed by atoms with Gasteiger partial charge in [0.1, 0.15) is 0 Å². The van der Waals surface area contributed by atoms with Gasteiger partial charge in [-0.15, -0.1) is 0 Å². The van der Waals surface area contributed by atoms with E-state index in [-0.39, 0.29) is 12.3 Å². The van der Waals surface area contributed by atoms with Crippen molar-refractivity contribution in [3.05, 3.63) is 23.8 Å². The first kappa shape index (κ1) is 18.2. The van der Waals surface area contributed by atoms with Gasteiger partial charge < -0.3 is 11.5 Å². The van der Waals surface area contributed by atoms with Crippen LogP contribution in [0.3, 0.4) is 0 Å². The zero-order valence-corrected chi connectivity index (χ0v) is 15.5. The third kappa shape index (κ3) is 4.30. The Bertz CT molecular complexity index is 442. The van der Waals surface area contributed by atoms with Gasteiger partial charge in [-0.1, -0.05) is 50.3 Å². The molecule has 0 bridgehead atoms. The fourth-order valence-electron chi connectivity index (χ4n) is 5.21. The maximum absolute atomic E-state index is 6.62. The van der Waals surface area contributed by atoms with Crippen molar-refractivity contribution >= 4 is 0 Å². The highest BCUT2D eigenvalue weighted by Gasteiger charge is 2.33. The van der Waals surface area contributed by atoms with Crippen molar-refractivity contribution in [2.45, 2.75) is 83.0 Å². The molecule has 0 amide bonds. The Morgan fingerprint density at radius 3 is 2.25 bits per heavy atom. The number of hydrogen-bond donors (Lipinski definition) is 2. The molecule has 136 valence electrons. The van der Waals surface area contributed by atoms with E-state index in [0.717, 1.165) is 24.7 Å². The zero-order valence-electron chi connectivity index (χ0n) is 15.5.